The first-order valence-electron chi connectivity index (χ1n) is 7.52. The molecule has 132 valence electrons. The van der Waals surface area contributed by atoms with Gasteiger partial charge in [-0.05, 0) is 24.3 Å². The van der Waals surface area contributed by atoms with E-state index < -0.39 is 12.0 Å². The van der Waals surface area contributed by atoms with Crippen LogP contribution in [0.25, 0.3) is 0 Å². The maximum atomic E-state index is 12.5. The van der Waals surface area contributed by atoms with Crippen molar-refractivity contribution in [3.8, 4) is 0 Å². The van der Waals surface area contributed by atoms with Crippen LogP contribution < -0.4 is 0 Å². The lowest BCUT2D eigenvalue weighted by molar-refractivity contribution is -0.154. The van der Waals surface area contributed by atoms with Gasteiger partial charge in [-0.1, -0.05) is 29.3 Å². The van der Waals surface area contributed by atoms with Crippen LogP contribution in [0.4, 0.5) is 0 Å². The van der Waals surface area contributed by atoms with Crippen LogP contribution in [0.15, 0.2) is 41.0 Å². The number of halogens is 2. The average molecular weight is 400 g/mol. The van der Waals surface area contributed by atoms with Crippen molar-refractivity contribution in [2.75, 3.05) is 5.75 Å². The molecule has 8 heteroatoms. The van der Waals surface area contributed by atoms with E-state index in [1.165, 1.54) is 23.6 Å². The van der Waals surface area contributed by atoms with Crippen molar-refractivity contribution < 1.29 is 18.7 Å². The highest BCUT2D eigenvalue weighted by atomic mass is 35.5. The summed E-state index contributed by atoms with van der Waals surface area (Å²) in [5.41, 5.74) is 0.655. The second-order valence-corrected chi connectivity index (χ2v) is 7.44. The molecule has 0 bridgehead atoms. The molecule has 25 heavy (non-hydrogen) atoms. The highest BCUT2D eigenvalue weighted by molar-refractivity contribution is 7.99. The first-order valence-corrected chi connectivity index (χ1v) is 9.32. The molecule has 5 nitrogen and oxygen atoms in total. The lowest BCUT2D eigenvalue weighted by Crippen LogP contribution is -2.42. The molecule has 1 aliphatic heterocycles. The Morgan fingerprint density at radius 3 is 2.80 bits per heavy atom. The Morgan fingerprint density at radius 2 is 2.16 bits per heavy atom. The summed E-state index contributed by atoms with van der Waals surface area (Å²) in [5, 5.41) is 0.610. The molecule has 1 fully saturated rings. The Labute approximate surface area is 159 Å². The van der Waals surface area contributed by atoms with Gasteiger partial charge in [0, 0.05) is 28.3 Å². The smallest absolute Gasteiger partial charge is 0.330 e. The van der Waals surface area contributed by atoms with Crippen molar-refractivity contribution in [2.45, 2.75) is 24.9 Å². The summed E-state index contributed by atoms with van der Waals surface area (Å²) in [5.74, 6) is 0.398. The molecule has 0 aliphatic carbocycles. The number of nitrogens with zero attached hydrogens (tertiary/aromatic N) is 1. The fourth-order valence-electron chi connectivity index (χ4n) is 2.61. The first kappa shape index (κ1) is 18.2. The van der Waals surface area contributed by atoms with E-state index >= 15 is 0 Å². The van der Waals surface area contributed by atoms with Gasteiger partial charge in [-0.2, -0.15) is 0 Å². The fraction of sp³-hybridized carbons (Fsp3) is 0.294. The van der Waals surface area contributed by atoms with Crippen molar-refractivity contribution in [1.82, 2.24) is 4.90 Å². The third kappa shape index (κ3) is 3.97. The van der Waals surface area contributed by atoms with Crippen LogP contribution in [0.5, 0.6) is 0 Å². The van der Waals surface area contributed by atoms with E-state index in [0.29, 0.717) is 27.1 Å². The monoisotopic (exact) mass is 399 g/mol. The van der Waals surface area contributed by atoms with E-state index in [4.69, 9.17) is 32.4 Å². The van der Waals surface area contributed by atoms with E-state index in [0.717, 1.165) is 0 Å². The molecule has 0 spiro atoms. The van der Waals surface area contributed by atoms with Gasteiger partial charge in [-0.15, -0.1) is 11.8 Å². The molecule has 0 unspecified atom stereocenters. The van der Waals surface area contributed by atoms with Gasteiger partial charge in [0.2, 0.25) is 5.91 Å². The molecule has 0 saturated carbocycles. The first-order chi connectivity index (χ1) is 12.0. The van der Waals surface area contributed by atoms with Crippen LogP contribution in [-0.4, -0.2) is 28.6 Å². The normalized spacial score (nSPS) is 19.9. The molecule has 1 aromatic heterocycles. The Morgan fingerprint density at radius 1 is 1.36 bits per heavy atom. The van der Waals surface area contributed by atoms with Crippen molar-refractivity contribution in [1.29, 1.82) is 0 Å². The molecule has 1 aromatic carbocycles. The van der Waals surface area contributed by atoms with Crippen LogP contribution in [0.1, 0.15) is 23.6 Å². The zero-order valence-corrected chi connectivity index (χ0v) is 15.6. The number of hydrogen-bond donors (Lipinski definition) is 0. The fourth-order valence-corrected chi connectivity index (χ4v) is 4.49. The quantitative estimate of drug-likeness (QED) is 0.717. The Balaban J connectivity index is 1.69. The third-order valence-corrected chi connectivity index (χ3v) is 5.68. The summed E-state index contributed by atoms with van der Waals surface area (Å²) < 4.78 is 10.8. The number of furan rings is 1. The summed E-state index contributed by atoms with van der Waals surface area (Å²) in [6.45, 7) is 1.45. The molecule has 2 heterocycles. The molecule has 0 radical (unpaired) electrons. The number of esters is 1. The van der Waals surface area contributed by atoms with Gasteiger partial charge in [0.05, 0.1) is 6.26 Å². The number of thioether (sulfide) groups is 1. The van der Waals surface area contributed by atoms with Gasteiger partial charge in [0.15, 0.2) is 0 Å². The van der Waals surface area contributed by atoms with Gasteiger partial charge in [-0.3, -0.25) is 4.79 Å². The zero-order valence-electron chi connectivity index (χ0n) is 13.3. The summed E-state index contributed by atoms with van der Waals surface area (Å²) in [6.07, 6.45) is 1.54. The summed E-state index contributed by atoms with van der Waals surface area (Å²) in [4.78, 5) is 26.1. The van der Waals surface area contributed by atoms with E-state index in [1.807, 2.05) is 0 Å². The Kier molecular flexibility index (Phi) is 5.61. The number of amides is 1. The SMILES string of the molecule is CC(=O)N1[C@@H](C(=O)OCc2ccc(Cl)cc2Cl)CS[C@@H]1c1ccco1. The number of rotatable bonds is 4. The highest BCUT2D eigenvalue weighted by Gasteiger charge is 2.43. The number of carbonyl (C=O) groups excluding carboxylic acids is 2. The highest BCUT2D eigenvalue weighted by Crippen LogP contribution is 2.41. The Hall–Kier alpha value is -1.63. The minimum absolute atomic E-state index is 0.0210. The topological polar surface area (TPSA) is 59.8 Å². The molecule has 2 atom stereocenters. The summed E-state index contributed by atoms with van der Waals surface area (Å²) in [6, 6.07) is 7.85. The van der Waals surface area contributed by atoms with Crippen LogP contribution >= 0.6 is 35.0 Å². The van der Waals surface area contributed by atoms with E-state index in [-0.39, 0.29) is 17.9 Å². The minimum atomic E-state index is -0.663. The van der Waals surface area contributed by atoms with E-state index in [9.17, 15) is 9.59 Å². The molecule has 3 rings (SSSR count). The van der Waals surface area contributed by atoms with Crippen molar-refractivity contribution in [2.24, 2.45) is 0 Å². The predicted molar refractivity (Wildman–Crippen MR) is 96.5 cm³/mol. The van der Waals surface area contributed by atoms with Crippen molar-refractivity contribution in [3.63, 3.8) is 0 Å². The van der Waals surface area contributed by atoms with E-state index in [1.54, 1.807) is 36.6 Å². The van der Waals surface area contributed by atoms with Crippen LogP contribution in [0.3, 0.4) is 0 Å². The Bertz CT molecular complexity index is 781. The maximum absolute atomic E-state index is 12.5. The summed E-state index contributed by atoms with van der Waals surface area (Å²) >= 11 is 13.4. The number of carbonyl (C=O) groups is 2. The largest absolute Gasteiger partial charge is 0.466 e. The van der Waals surface area contributed by atoms with Crippen LogP contribution in [0.2, 0.25) is 10.0 Å². The zero-order chi connectivity index (χ0) is 18.0. The second-order valence-electron chi connectivity index (χ2n) is 5.49. The molecule has 0 N–H and O–H groups in total. The molecule has 1 aliphatic rings. The minimum Gasteiger partial charge on any atom is -0.466 e. The van der Waals surface area contributed by atoms with Gasteiger partial charge in [0.25, 0.3) is 0 Å². The van der Waals surface area contributed by atoms with Crippen LogP contribution in [0, 0.1) is 0 Å². The molecular formula is C17H15Cl2NO4S. The number of benzene rings is 1. The van der Waals surface area contributed by atoms with Gasteiger partial charge in [-0.25, -0.2) is 4.79 Å². The van der Waals surface area contributed by atoms with Crippen molar-refractivity contribution in [3.05, 3.63) is 58.0 Å². The lowest BCUT2D eigenvalue weighted by Gasteiger charge is -2.25. The third-order valence-electron chi connectivity index (χ3n) is 3.81. The maximum Gasteiger partial charge on any atom is 0.330 e. The van der Waals surface area contributed by atoms with E-state index in [2.05, 4.69) is 0 Å². The van der Waals surface area contributed by atoms with Crippen LogP contribution in [-0.2, 0) is 20.9 Å². The second kappa shape index (κ2) is 7.72. The number of hydrogen-bond acceptors (Lipinski definition) is 5. The predicted octanol–water partition coefficient (Wildman–Crippen LogP) is 4.29. The molecule has 1 saturated heterocycles. The standard InChI is InChI=1S/C17H15Cl2NO4S/c1-10(21)20-14(9-25-16(20)15-3-2-6-23-15)17(22)24-8-11-4-5-12(18)7-13(11)19/h2-7,14,16H,8-9H2,1H3/t14-,16-/m1/s1. The molecule has 2 aromatic rings. The number of ether oxygens (including phenoxy) is 1. The summed E-state index contributed by atoms with van der Waals surface area (Å²) in [7, 11) is 0. The lowest BCUT2D eigenvalue weighted by atomic mass is 10.2. The van der Waals surface area contributed by atoms with Gasteiger partial charge in [0.1, 0.15) is 23.8 Å². The molecular weight excluding hydrogens is 385 g/mol. The molecule has 1 amide bonds. The average Bonchev–Trinajstić information content (AvgIpc) is 3.22. The van der Waals surface area contributed by atoms with Gasteiger partial charge >= 0.3 is 5.97 Å². The van der Waals surface area contributed by atoms with Gasteiger partial charge < -0.3 is 14.1 Å². The van der Waals surface area contributed by atoms with Crippen molar-refractivity contribution >= 4 is 46.8 Å².